The highest BCUT2D eigenvalue weighted by Crippen LogP contribution is 2.38. The van der Waals surface area contributed by atoms with E-state index in [1.54, 1.807) is 11.3 Å². The number of halogens is 1. The maximum Gasteiger partial charge on any atom is 0.224 e. The molecule has 26 heavy (non-hydrogen) atoms. The molecule has 3 heterocycles. The van der Waals surface area contributed by atoms with Gasteiger partial charge in [-0.1, -0.05) is 24.3 Å². The molecule has 1 aromatic carbocycles. The minimum Gasteiger partial charge on any atom is -0.396 e. The van der Waals surface area contributed by atoms with Crippen LogP contribution < -0.4 is 4.90 Å². The number of aliphatic hydroxyl groups excluding tert-OH is 1. The molecule has 0 atom stereocenters. The molecule has 1 saturated heterocycles. The normalized spacial score (nSPS) is 14.9. The van der Waals surface area contributed by atoms with Gasteiger partial charge in [-0.3, -0.25) is 0 Å². The lowest BCUT2D eigenvalue weighted by molar-refractivity contribution is 0.122. The number of aryl methyl sites for hydroxylation is 1. The van der Waals surface area contributed by atoms with Gasteiger partial charge in [0.15, 0.2) is 5.82 Å². The molecule has 3 aromatic rings. The summed E-state index contributed by atoms with van der Waals surface area (Å²) in [5.41, 5.74) is 3.27. The SMILES string of the molecule is OCCCc1cccc(-c2cc3nc(Cl)nc(N4CCOCC4)c3s2)c1. The number of nitrogens with zero attached hydrogens (tertiary/aromatic N) is 3. The number of hydrogen-bond acceptors (Lipinski definition) is 6. The minimum atomic E-state index is 0.212. The molecule has 0 radical (unpaired) electrons. The van der Waals surface area contributed by atoms with Gasteiger partial charge in [-0.05, 0) is 41.6 Å². The van der Waals surface area contributed by atoms with Gasteiger partial charge in [-0.15, -0.1) is 11.3 Å². The first-order valence-electron chi connectivity index (χ1n) is 8.74. The Bertz CT molecular complexity index is 909. The predicted molar refractivity (Wildman–Crippen MR) is 106 cm³/mol. The van der Waals surface area contributed by atoms with E-state index in [2.05, 4.69) is 45.2 Å². The Morgan fingerprint density at radius 1 is 1.19 bits per heavy atom. The highest BCUT2D eigenvalue weighted by atomic mass is 35.5. The molecule has 0 aliphatic carbocycles. The number of anilines is 1. The van der Waals surface area contributed by atoms with E-state index < -0.39 is 0 Å². The molecular weight excluding hydrogens is 370 g/mol. The second-order valence-corrected chi connectivity index (χ2v) is 7.66. The van der Waals surface area contributed by atoms with Crippen molar-refractivity contribution in [1.29, 1.82) is 0 Å². The van der Waals surface area contributed by atoms with E-state index >= 15 is 0 Å². The fraction of sp³-hybridized carbons (Fsp3) is 0.368. The van der Waals surface area contributed by atoms with E-state index in [9.17, 15) is 0 Å². The first-order chi connectivity index (χ1) is 12.7. The van der Waals surface area contributed by atoms with E-state index in [0.29, 0.717) is 13.2 Å². The number of aromatic nitrogens is 2. The fourth-order valence-corrected chi connectivity index (χ4v) is 4.46. The quantitative estimate of drug-likeness (QED) is 0.673. The van der Waals surface area contributed by atoms with Gasteiger partial charge in [0.1, 0.15) is 0 Å². The largest absolute Gasteiger partial charge is 0.396 e. The fourth-order valence-electron chi connectivity index (χ4n) is 3.18. The van der Waals surface area contributed by atoms with Crippen LogP contribution in [-0.4, -0.2) is 48.0 Å². The molecule has 1 aliphatic heterocycles. The Morgan fingerprint density at radius 2 is 2.04 bits per heavy atom. The van der Waals surface area contributed by atoms with E-state index in [4.69, 9.17) is 21.4 Å². The average molecular weight is 390 g/mol. The van der Waals surface area contributed by atoms with Crippen LogP contribution in [0.4, 0.5) is 5.82 Å². The molecule has 1 fully saturated rings. The number of benzene rings is 1. The molecular formula is C19H20ClN3O2S. The third-order valence-corrected chi connectivity index (χ3v) is 5.81. The van der Waals surface area contributed by atoms with Crippen LogP contribution >= 0.6 is 22.9 Å². The standard InChI is InChI=1S/C19H20ClN3O2S/c20-19-21-15-12-16(14-5-1-3-13(11-14)4-2-8-24)26-17(15)18(22-19)23-6-9-25-10-7-23/h1,3,5,11-12,24H,2,4,6-10H2. The Hall–Kier alpha value is -1.73. The Labute approximate surface area is 161 Å². The van der Waals surface area contributed by atoms with E-state index in [-0.39, 0.29) is 11.9 Å². The van der Waals surface area contributed by atoms with Gasteiger partial charge in [-0.2, -0.15) is 4.98 Å². The zero-order valence-corrected chi connectivity index (χ0v) is 15.9. The smallest absolute Gasteiger partial charge is 0.224 e. The summed E-state index contributed by atoms with van der Waals surface area (Å²) in [6.45, 7) is 3.24. The molecule has 136 valence electrons. The van der Waals surface area contributed by atoms with Gasteiger partial charge in [0.2, 0.25) is 5.28 Å². The van der Waals surface area contributed by atoms with Crippen molar-refractivity contribution in [1.82, 2.24) is 9.97 Å². The first kappa shape index (κ1) is 17.7. The lowest BCUT2D eigenvalue weighted by Gasteiger charge is -2.28. The number of thiophene rings is 1. The van der Waals surface area contributed by atoms with Crippen LogP contribution in [-0.2, 0) is 11.2 Å². The van der Waals surface area contributed by atoms with Gasteiger partial charge >= 0.3 is 0 Å². The monoisotopic (exact) mass is 389 g/mol. The minimum absolute atomic E-state index is 0.212. The molecule has 0 bridgehead atoms. The molecule has 0 unspecified atom stereocenters. The van der Waals surface area contributed by atoms with Gasteiger partial charge < -0.3 is 14.7 Å². The van der Waals surface area contributed by atoms with Crippen LogP contribution in [0.1, 0.15) is 12.0 Å². The lowest BCUT2D eigenvalue weighted by atomic mass is 10.1. The third kappa shape index (κ3) is 3.69. The summed E-state index contributed by atoms with van der Waals surface area (Å²) in [4.78, 5) is 12.3. The van der Waals surface area contributed by atoms with Crippen molar-refractivity contribution in [3.05, 3.63) is 41.2 Å². The zero-order chi connectivity index (χ0) is 17.9. The Balaban J connectivity index is 1.73. The topological polar surface area (TPSA) is 58.5 Å². The van der Waals surface area contributed by atoms with Crippen molar-refractivity contribution in [3.63, 3.8) is 0 Å². The van der Waals surface area contributed by atoms with E-state index in [0.717, 1.165) is 52.4 Å². The number of rotatable bonds is 5. The molecule has 0 spiro atoms. The van der Waals surface area contributed by atoms with Crippen LogP contribution in [0.3, 0.4) is 0 Å². The van der Waals surface area contributed by atoms with Crippen molar-refractivity contribution in [3.8, 4) is 10.4 Å². The summed E-state index contributed by atoms with van der Waals surface area (Å²) in [7, 11) is 0. The van der Waals surface area contributed by atoms with Gasteiger partial charge in [0.05, 0.1) is 23.4 Å². The summed E-state index contributed by atoms with van der Waals surface area (Å²) < 4.78 is 6.51. The second kappa shape index (κ2) is 7.88. The van der Waals surface area contributed by atoms with Gasteiger partial charge in [0.25, 0.3) is 0 Å². The van der Waals surface area contributed by atoms with Crippen LogP contribution in [0.25, 0.3) is 20.7 Å². The molecule has 2 aromatic heterocycles. The Morgan fingerprint density at radius 3 is 2.85 bits per heavy atom. The van der Waals surface area contributed by atoms with Crippen LogP contribution in [0, 0.1) is 0 Å². The summed E-state index contributed by atoms with van der Waals surface area (Å²) >= 11 is 7.88. The maximum absolute atomic E-state index is 9.05. The van der Waals surface area contributed by atoms with Crippen molar-refractivity contribution >= 4 is 39.0 Å². The maximum atomic E-state index is 9.05. The molecule has 7 heteroatoms. The molecule has 5 nitrogen and oxygen atoms in total. The number of ether oxygens (including phenoxy) is 1. The van der Waals surface area contributed by atoms with Crippen LogP contribution in [0.5, 0.6) is 0 Å². The average Bonchev–Trinajstić information content (AvgIpc) is 3.10. The lowest BCUT2D eigenvalue weighted by Crippen LogP contribution is -2.36. The van der Waals surface area contributed by atoms with Gasteiger partial charge in [0, 0.05) is 24.6 Å². The summed E-state index contributed by atoms with van der Waals surface area (Å²) in [5.74, 6) is 0.899. The third-order valence-electron chi connectivity index (χ3n) is 4.47. The highest BCUT2D eigenvalue weighted by Gasteiger charge is 2.19. The van der Waals surface area contributed by atoms with Crippen molar-refractivity contribution < 1.29 is 9.84 Å². The number of fused-ring (bicyclic) bond motifs is 1. The molecule has 0 saturated carbocycles. The summed E-state index contributed by atoms with van der Waals surface area (Å²) in [5, 5.41) is 9.33. The van der Waals surface area contributed by atoms with E-state index in [1.807, 2.05) is 0 Å². The molecule has 0 amide bonds. The van der Waals surface area contributed by atoms with Crippen molar-refractivity contribution in [2.24, 2.45) is 0 Å². The van der Waals surface area contributed by atoms with Gasteiger partial charge in [-0.25, -0.2) is 4.98 Å². The Kier molecular flexibility index (Phi) is 5.36. The molecule has 1 N–H and O–H groups in total. The zero-order valence-electron chi connectivity index (χ0n) is 14.3. The number of morpholine rings is 1. The van der Waals surface area contributed by atoms with Crippen molar-refractivity contribution in [2.75, 3.05) is 37.8 Å². The highest BCUT2D eigenvalue weighted by molar-refractivity contribution is 7.22. The molecule has 1 aliphatic rings. The van der Waals surface area contributed by atoms with Crippen LogP contribution in [0.2, 0.25) is 5.28 Å². The predicted octanol–water partition coefficient (Wildman–Crippen LogP) is 3.77. The summed E-state index contributed by atoms with van der Waals surface area (Å²) in [6, 6.07) is 10.5. The first-order valence-corrected chi connectivity index (χ1v) is 9.94. The number of hydrogen-bond donors (Lipinski definition) is 1. The molecule has 4 rings (SSSR count). The van der Waals surface area contributed by atoms with E-state index in [1.165, 1.54) is 5.56 Å². The summed E-state index contributed by atoms with van der Waals surface area (Å²) in [6.07, 6.45) is 1.65. The van der Waals surface area contributed by atoms with Crippen molar-refractivity contribution in [2.45, 2.75) is 12.8 Å². The van der Waals surface area contributed by atoms with Crippen LogP contribution in [0.15, 0.2) is 30.3 Å². The number of aliphatic hydroxyl groups is 1. The second-order valence-electron chi connectivity index (χ2n) is 6.27.